The van der Waals surface area contributed by atoms with E-state index in [9.17, 15) is 19.1 Å². The van der Waals surface area contributed by atoms with E-state index in [-0.39, 0.29) is 34.8 Å². The number of halogens is 1. The summed E-state index contributed by atoms with van der Waals surface area (Å²) in [5.74, 6) is -0.303. The topological polar surface area (TPSA) is 120 Å². The molecule has 0 saturated carbocycles. The van der Waals surface area contributed by atoms with Gasteiger partial charge in [-0.1, -0.05) is 29.5 Å². The van der Waals surface area contributed by atoms with Gasteiger partial charge in [0.1, 0.15) is 17.1 Å². The van der Waals surface area contributed by atoms with Crippen molar-refractivity contribution < 1.29 is 14.3 Å². The summed E-state index contributed by atoms with van der Waals surface area (Å²) in [5, 5.41) is 15.9. The highest BCUT2D eigenvalue weighted by Gasteiger charge is 2.11. The Hall–Kier alpha value is -2.75. The third-order valence-electron chi connectivity index (χ3n) is 4.97. The number of carbonyl (C=O) groups excluding carboxylic acids is 1. The molecule has 0 bridgehead atoms. The molecule has 166 valence electrons. The summed E-state index contributed by atoms with van der Waals surface area (Å²) in [7, 11) is 0. The number of phenols is 1. The standard InChI is InChI=1S/C22H27FN4O3S/c23-16-3-1-2-14(12-16)4-6-17(24)13-19(29)26-11-10-25-9-8-15-5-7-18(28)20-21(15)31-22(30)27-20/h1-3,5,7,12,17,25,28H,4,6,8-11,13,24H2,(H,26,29)(H,27,30). The lowest BCUT2D eigenvalue weighted by molar-refractivity contribution is -0.121. The molecule has 0 saturated heterocycles. The number of aryl methyl sites for hydroxylation is 1. The Morgan fingerprint density at radius 2 is 2.03 bits per heavy atom. The van der Waals surface area contributed by atoms with Crippen LogP contribution in [0.1, 0.15) is 24.0 Å². The second kappa shape index (κ2) is 11.0. The van der Waals surface area contributed by atoms with Gasteiger partial charge >= 0.3 is 4.87 Å². The maximum absolute atomic E-state index is 13.2. The molecular weight excluding hydrogens is 419 g/mol. The van der Waals surface area contributed by atoms with Crippen LogP contribution in [0.2, 0.25) is 0 Å². The number of nitrogens with one attached hydrogen (secondary N) is 3. The van der Waals surface area contributed by atoms with Crippen LogP contribution in [0.4, 0.5) is 4.39 Å². The van der Waals surface area contributed by atoms with Gasteiger partial charge in [-0.25, -0.2) is 4.39 Å². The molecule has 0 aliphatic heterocycles. The fraction of sp³-hybridized carbons (Fsp3) is 0.364. The Balaban J connectivity index is 1.30. The van der Waals surface area contributed by atoms with Crippen LogP contribution in [0.3, 0.4) is 0 Å². The zero-order valence-electron chi connectivity index (χ0n) is 17.1. The van der Waals surface area contributed by atoms with Crippen LogP contribution in [0, 0.1) is 5.82 Å². The van der Waals surface area contributed by atoms with E-state index in [1.54, 1.807) is 12.1 Å². The van der Waals surface area contributed by atoms with E-state index in [1.165, 1.54) is 12.1 Å². The molecule has 1 atom stereocenters. The first-order valence-corrected chi connectivity index (χ1v) is 11.0. The second-order valence-corrected chi connectivity index (χ2v) is 8.43. The number of hydrogen-bond donors (Lipinski definition) is 5. The first-order valence-electron chi connectivity index (χ1n) is 10.2. The minimum atomic E-state index is -0.276. The maximum Gasteiger partial charge on any atom is 0.305 e. The molecule has 1 unspecified atom stereocenters. The number of carbonyl (C=O) groups is 1. The lowest BCUT2D eigenvalue weighted by atomic mass is 10.0. The van der Waals surface area contributed by atoms with Gasteiger partial charge in [0.2, 0.25) is 5.91 Å². The normalized spacial score (nSPS) is 12.2. The van der Waals surface area contributed by atoms with Crippen molar-refractivity contribution in [2.45, 2.75) is 31.7 Å². The Kier molecular flexibility index (Phi) is 8.16. The number of benzene rings is 2. The van der Waals surface area contributed by atoms with Crippen molar-refractivity contribution in [1.29, 1.82) is 0 Å². The Morgan fingerprint density at radius 1 is 1.19 bits per heavy atom. The number of phenolic OH excluding ortho intramolecular Hbond substituents is 1. The minimum Gasteiger partial charge on any atom is -0.506 e. The number of aromatic hydroxyl groups is 1. The van der Waals surface area contributed by atoms with Crippen LogP contribution >= 0.6 is 11.3 Å². The molecule has 2 aromatic carbocycles. The summed E-state index contributed by atoms with van der Waals surface area (Å²) < 4.78 is 14.0. The smallest absolute Gasteiger partial charge is 0.305 e. The highest BCUT2D eigenvalue weighted by Crippen LogP contribution is 2.27. The molecule has 3 aromatic rings. The SMILES string of the molecule is NC(CCc1cccc(F)c1)CC(=O)NCCNCCc1ccc(O)c2[nH]c(=O)sc12. The quantitative estimate of drug-likeness (QED) is 0.289. The van der Waals surface area contributed by atoms with E-state index in [0.29, 0.717) is 44.4 Å². The summed E-state index contributed by atoms with van der Waals surface area (Å²) in [6.07, 6.45) is 2.17. The molecule has 31 heavy (non-hydrogen) atoms. The predicted molar refractivity (Wildman–Crippen MR) is 121 cm³/mol. The molecule has 9 heteroatoms. The molecule has 0 fully saturated rings. The average molecular weight is 447 g/mol. The number of amides is 1. The fourth-order valence-corrected chi connectivity index (χ4v) is 4.26. The number of hydrogen-bond acceptors (Lipinski definition) is 6. The van der Waals surface area contributed by atoms with E-state index >= 15 is 0 Å². The minimum absolute atomic E-state index is 0.0712. The van der Waals surface area contributed by atoms with E-state index in [0.717, 1.165) is 27.2 Å². The molecule has 0 aliphatic carbocycles. The maximum atomic E-state index is 13.2. The van der Waals surface area contributed by atoms with Gasteiger partial charge in [-0.3, -0.25) is 9.59 Å². The number of aromatic nitrogens is 1. The number of fused-ring (bicyclic) bond motifs is 1. The summed E-state index contributed by atoms with van der Waals surface area (Å²) in [6.45, 7) is 1.77. The summed E-state index contributed by atoms with van der Waals surface area (Å²) >= 11 is 1.09. The third kappa shape index (κ3) is 6.88. The van der Waals surface area contributed by atoms with Crippen molar-refractivity contribution in [1.82, 2.24) is 15.6 Å². The fourth-order valence-electron chi connectivity index (χ4n) is 3.37. The molecule has 1 heterocycles. The Bertz CT molecular complexity index is 1080. The van der Waals surface area contributed by atoms with Gasteiger partial charge in [-0.15, -0.1) is 0 Å². The van der Waals surface area contributed by atoms with Crippen molar-refractivity contribution in [3.8, 4) is 5.75 Å². The van der Waals surface area contributed by atoms with Crippen molar-refractivity contribution in [3.63, 3.8) is 0 Å². The van der Waals surface area contributed by atoms with Gasteiger partial charge in [0.25, 0.3) is 0 Å². The van der Waals surface area contributed by atoms with E-state index in [4.69, 9.17) is 5.73 Å². The zero-order valence-corrected chi connectivity index (χ0v) is 17.9. The van der Waals surface area contributed by atoms with E-state index in [1.807, 2.05) is 12.1 Å². The number of nitrogens with two attached hydrogens (primary N) is 1. The number of thiazole rings is 1. The van der Waals surface area contributed by atoms with Gasteiger partial charge in [0.15, 0.2) is 0 Å². The third-order valence-corrected chi connectivity index (χ3v) is 5.93. The van der Waals surface area contributed by atoms with Crippen molar-refractivity contribution in [2.24, 2.45) is 5.73 Å². The van der Waals surface area contributed by atoms with Crippen molar-refractivity contribution in [2.75, 3.05) is 19.6 Å². The molecular formula is C22H27FN4O3S. The van der Waals surface area contributed by atoms with Gasteiger partial charge in [-0.05, 0) is 55.1 Å². The molecule has 1 aromatic heterocycles. The molecule has 1 amide bonds. The molecule has 6 N–H and O–H groups in total. The molecule has 0 radical (unpaired) electrons. The van der Waals surface area contributed by atoms with Crippen molar-refractivity contribution in [3.05, 3.63) is 63.0 Å². The number of rotatable bonds is 11. The van der Waals surface area contributed by atoms with Gasteiger partial charge in [-0.2, -0.15) is 0 Å². The van der Waals surface area contributed by atoms with Crippen LogP contribution in [0.25, 0.3) is 10.2 Å². The van der Waals surface area contributed by atoms with Gasteiger partial charge < -0.3 is 26.5 Å². The predicted octanol–water partition coefficient (Wildman–Crippen LogP) is 2.03. The zero-order chi connectivity index (χ0) is 22.2. The lowest BCUT2D eigenvalue weighted by Crippen LogP contribution is -2.36. The summed E-state index contributed by atoms with van der Waals surface area (Å²) in [5.41, 5.74) is 8.36. The Labute approximate surface area is 183 Å². The largest absolute Gasteiger partial charge is 0.506 e. The molecule has 0 aliphatic rings. The van der Waals surface area contributed by atoms with Crippen LogP contribution in [0.5, 0.6) is 5.75 Å². The highest BCUT2D eigenvalue weighted by molar-refractivity contribution is 7.16. The van der Waals surface area contributed by atoms with E-state index < -0.39 is 0 Å². The van der Waals surface area contributed by atoms with Crippen LogP contribution in [-0.2, 0) is 17.6 Å². The monoisotopic (exact) mass is 446 g/mol. The van der Waals surface area contributed by atoms with Gasteiger partial charge in [0.05, 0.1) is 4.70 Å². The first kappa shape index (κ1) is 22.9. The number of H-pyrrole nitrogens is 1. The van der Waals surface area contributed by atoms with Gasteiger partial charge in [0, 0.05) is 25.6 Å². The van der Waals surface area contributed by atoms with Crippen LogP contribution in [0.15, 0.2) is 41.2 Å². The molecule has 3 rings (SSSR count). The average Bonchev–Trinajstić information content (AvgIpc) is 3.13. The number of aromatic amines is 1. The lowest BCUT2D eigenvalue weighted by Gasteiger charge is -2.12. The van der Waals surface area contributed by atoms with Crippen LogP contribution < -0.4 is 21.2 Å². The highest BCUT2D eigenvalue weighted by atomic mass is 32.1. The van der Waals surface area contributed by atoms with Crippen molar-refractivity contribution >= 4 is 27.5 Å². The molecule has 0 spiro atoms. The summed E-state index contributed by atoms with van der Waals surface area (Å²) in [6, 6.07) is 9.52. The van der Waals surface area contributed by atoms with Crippen LogP contribution in [-0.4, -0.2) is 41.7 Å². The summed E-state index contributed by atoms with van der Waals surface area (Å²) in [4.78, 5) is 26.0. The Morgan fingerprint density at radius 3 is 2.84 bits per heavy atom. The first-order chi connectivity index (χ1) is 14.9. The second-order valence-electron chi connectivity index (χ2n) is 7.45. The molecule has 7 nitrogen and oxygen atoms in total. The van der Waals surface area contributed by atoms with E-state index in [2.05, 4.69) is 15.6 Å².